The molecule has 5 nitrogen and oxygen atoms in total. The van der Waals surface area contributed by atoms with E-state index in [0.29, 0.717) is 11.1 Å². The Morgan fingerprint density at radius 2 is 1.57 bits per heavy atom. The average molecular weight is 309 g/mol. The quantitative estimate of drug-likeness (QED) is 0.641. The maximum Gasteiger partial charge on any atom is 0.309 e. The molecule has 0 saturated heterocycles. The molecule has 0 unspecified atom stereocenters. The zero-order valence-corrected chi connectivity index (χ0v) is 12.6. The van der Waals surface area contributed by atoms with Gasteiger partial charge in [-0.05, 0) is 23.3 Å². The van der Waals surface area contributed by atoms with Crippen LogP contribution in [0.2, 0.25) is 0 Å². The fraction of sp³-hybridized carbons (Fsp3) is 0.167. The topological polar surface area (TPSA) is 63.7 Å². The molecule has 0 N–H and O–H groups in total. The highest BCUT2D eigenvalue weighted by Gasteiger charge is 2.34. The van der Waals surface area contributed by atoms with Crippen molar-refractivity contribution in [2.24, 2.45) is 0 Å². The molecule has 2 aromatic rings. The summed E-state index contributed by atoms with van der Waals surface area (Å²) < 4.78 is 4.65. The summed E-state index contributed by atoms with van der Waals surface area (Å²) in [5.74, 6) is -0.907. The Bertz CT molecular complexity index is 762. The van der Waals surface area contributed by atoms with Crippen LogP contribution in [0.3, 0.4) is 0 Å². The lowest BCUT2D eigenvalue weighted by atomic mass is 10.1. The summed E-state index contributed by atoms with van der Waals surface area (Å²) in [7, 11) is 1.34. The summed E-state index contributed by atoms with van der Waals surface area (Å²) >= 11 is 0. The molecule has 116 valence electrons. The smallest absolute Gasteiger partial charge is 0.309 e. The van der Waals surface area contributed by atoms with Gasteiger partial charge in [0.1, 0.15) is 0 Å². The van der Waals surface area contributed by atoms with Crippen molar-refractivity contribution in [3.63, 3.8) is 0 Å². The van der Waals surface area contributed by atoms with Crippen molar-refractivity contribution in [2.45, 2.75) is 13.0 Å². The first-order valence-electron chi connectivity index (χ1n) is 7.20. The normalized spacial score (nSPS) is 13.2. The first-order valence-corrected chi connectivity index (χ1v) is 7.20. The van der Waals surface area contributed by atoms with Gasteiger partial charge in [-0.25, -0.2) is 0 Å². The summed E-state index contributed by atoms with van der Waals surface area (Å²) in [5.41, 5.74) is 2.44. The summed E-state index contributed by atoms with van der Waals surface area (Å²) in [6, 6.07) is 14.0. The maximum atomic E-state index is 12.4. The van der Waals surface area contributed by atoms with E-state index in [1.54, 1.807) is 36.4 Å². The van der Waals surface area contributed by atoms with E-state index < -0.39 is 0 Å². The predicted octanol–water partition coefficient (Wildman–Crippen LogP) is 2.20. The molecule has 0 aliphatic carbocycles. The number of carbonyl (C=O) groups is 3. The van der Waals surface area contributed by atoms with Crippen molar-refractivity contribution in [2.75, 3.05) is 7.11 Å². The minimum absolute atomic E-state index is 0.159. The number of esters is 1. The van der Waals surface area contributed by atoms with Crippen molar-refractivity contribution >= 4 is 17.8 Å². The van der Waals surface area contributed by atoms with E-state index >= 15 is 0 Å². The molecule has 1 aliphatic heterocycles. The first-order chi connectivity index (χ1) is 11.1. The number of imide groups is 1. The number of ether oxygens (including phenoxy) is 1. The molecule has 0 atom stereocenters. The predicted molar refractivity (Wildman–Crippen MR) is 82.8 cm³/mol. The third-order valence-electron chi connectivity index (χ3n) is 3.79. The molecule has 2 amide bonds. The fourth-order valence-electron chi connectivity index (χ4n) is 2.64. The second-order valence-electron chi connectivity index (χ2n) is 5.31. The first kappa shape index (κ1) is 15.0. The molecule has 0 aromatic heterocycles. The van der Waals surface area contributed by atoms with E-state index in [2.05, 4.69) is 4.74 Å². The van der Waals surface area contributed by atoms with Gasteiger partial charge in [-0.3, -0.25) is 19.3 Å². The highest BCUT2D eigenvalue weighted by atomic mass is 16.5. The lowest BCUT2D eigenvalue weighted by molar-refractivity contribution is -0.139. The second-order valence-corrected chi connectivity index (χ2v) is 5.31. The van der Waals surface area contributed by atoms with Gasteiger partial charge in [-0.15, -0.1) is 0 Å². The number of hydrogen-bond donors (Lipinski definition) is 0. The highest BCUT2D eigenvalue weighted by Crippen LogP contribution is 2.24. The van der Waals surface area contributed by atoms with Crippen LogP contribution in [-0.2, 0) is 22.5 Å². The van der Waals surface area contributed by atoms with Crippen LogP contribution in [0, 0.1) is 0 Å². The highest BCUT2D eigenvalue weighted by molar-refractivity contribution is 6.21. The Hall–Kier alpha value is -2.95. The lowest BCUT2D eigenvalue weighted by Gasteiger charge is -2.14. The van der Waals surface area contributed by atoms with E-state index in [4.69, 9.17) is 0 Å². The number of carbonyl (C=O) groups excluding carboxylic acids is 3. The van der Waals surface area contributed by atoms with E-state index in [1.165, 1.54) is 12.0 Å². The molecule has 3 rings (SSSR count). The largest absolute Gasteiger partial charge is 0.469 e. The van der Waals surface area contributed by atoms with Gasteiger partial charge in [-0.1, -0.05) is 36.4 Å². The summed E-state index contributed by atoms with van der Waals surface area (Å²) in [6.45, 7) is 0.182. The molecule has 2 aromatic carbocycles. The molecule has 0 radical (unpaired) electrons. The number of methoxy groups -OCH3 is 1. The SMILES string of the molecule is COC(=O)Cc1cccc(CN2C(=O)c3ccccc3C2=O)c1. The van der Waals surface area contributed by atoms with E-state index in [1.807, 2.05) is 12.1 Å². The van der Waals surface area contributed by atoms with Crippen molar-refractivity contribution < 1.29 is 19.1 Å². The molecule has 5 heteroatoms. The zero-order chi connectivity index (χ0) is 16.4. The van der Waals surface area contributed by atoms with Crippen molar-refractivity contribution in [3.05, 3.63) is 70.8 Å². The van der Waals surface area contributed by atoms with Crippen LogP contribution < -0.4 is 0 Å². The number of nitrogens with zero attached hydrogens (tertiary/aromatic N) is 1. The number of benzene rings is 2. The maximum absolute atomic E-state index is 12.4. The molecule has 0 bridgehead atoms. The summed E-state index contributed by atoms with van der Waals surface area (Å²) in [6.07, 6.45) is 0.159. The Morgan fingerprint density at radius 3 is 2.17 bits per heavy atom. The zero-order valence-electron chi connectivity index (χ0n) is 12.6. The van der Waals surface area contributed by atoms with Gasteiger partial charge in [0.05, 0.1) is 31.2 Å². The Kier molecular flexibility index (Phi) is 3.93. The molecule has 0 saturated carbocycles. The van der Waals surface area contributed by atoms with Crippen LogP contribution in [0.15, 0.2) is 48.5 Å². The Morgan fingerprint density at radius 1 is 0.957 bits per heavy atom. The van der Waals surface area contributed by atoms with Crippen LogP contribution in [0.5, 0.6) is 0 Å². The van der Waals surface area contributed by atoms with Gasteiger partial charge in [-0.2, -0.15) is 0 Å². The molecular formula is C18H15NO4. The number of amides is 2. The molecule has 0 spiro atoms. The number of hydrogen-bond acceptors (Lipinski definition) is 4. The molecule has 1 heterocycles. The fourth-order valence-corrected chi connectivity index (χ4v) is 2.64. The monoisotopic (exact) mass is 309 g/mol. The van der Waals surface area contributed by atoms with Crippen LogP contribution in [0.1, 0.15) is 31.8 Å². The average Bonchev–Trinajstić information content (AvgIpc) is 2.81. The van der Waals surface area contributed by atoms with Crippen molar-refractivity contribution in [1.82, 2.24) is 4.90 Å². The second kappa shape index (κ2) is 6.04. The van der Waals surface area contributed by atoms with Gasteiger partial charge in [0, 0.05) is 0 Å². The minimum atomic E-state index is -0.331. The van der Waals surface area contributed by atoms with Crippen LogP contribution in [0.25, 0.3) is 0 Å². The van der Waals surface area contributed by atoms with Crippen molar-refractivity contribution in [1.29, 1.82) is 0 Å². The van der Waals surface area contributed by atoms with Crippen molar-refractivity contribution in [3.8, 4) is 0 Å². The van der Waals surface area contributed by atoms with Gasteiger partial charge < -0.3 is 4.74 Å². The molecule has 23 heavy (non-hydrogen) atoms. The number of fused-ring (bicyclic) bond motifs is 1. The van der Waals surface area contributed by atoms with Gasteiger partial charge >= 0.3 is 5.97 Å². The van der Waals surface area contributed by atoms with E-state index in [-0.39, 0.29) is 30.7 Å². The third-order valence-corrected chi connectivity index (χ3v) is 3.79. The summed E-state index contributed by atoms with van der Waals surface area (Å²) in [5, 5.41) is 0. The third kappa shape index (κ3) is 2.85. The van der Waals surface area contributed by atoms with Gasteiger partial charge in [0.2, 0.25) is 0 Å². The van der Waals surface area contributed by atoms with E-state index in [9.17, 15) is 14.4 Å². The van der Waals surface area contributed by atoms with Crippen LogP contribution in [-0.4, -0.2) is 29.8 Å². The van der Waals surface area contributed by atoms with Crippen LogP contribution in [0.4, 0.5) is 0 Å². The molecule has 1 aliphatic rings. The van der Waals surface area contributed by atoms with Gasteiger partial charge in [0.25, 0.3) is 11.8 Å². The summed E-state index contributed by atoms with van der Waals surface area (Å²) in [4.78, 5) is 37.3. The van der Waals surface area contributed by atoms with E-state index in [0.717, 1.165) is 11.1 Å². The van der Waals surface area contributed by atoms with Crippen LogP contribution >= 0.6 is 0 Å². The van der Waals surface area contributed by atoms with Gasteiger partial charge in [0.15, 0.2) is 0 Å². The molecular weight excluding hydrogens is 294 g/mol. The minimum Gasteiger partial charge on any atom is -0.469 e. The molecule has 0 fully saturated rings. The Balaban J connectivity index is 1.81. The standard InChI is InChI=1S/C18H15NO4/c1-23-16(20)10-12-5-4-6-13(9-12)11-19-17(21)14-7-2-3-8-15(14)18(19)22/h2-9H,10-11H2,1H3. The Labute approximate surface area is 133 Å². The number of rotatable bonds is 4. The lowest BCUT2D eigenvalue weighted by Crippen LogP contribution is -2.29.